The monoisotopic (exact) mass is 477 g/mol. The smallest absolute Gasteiger partial charge is 0.342 e. The van der Waals surface area contributed by atoms with E-state index < -0.39 is 5.97 Å². The Morgan fingerprint density at radius 1 is 1.06 bits per heavy atom. The van der Waals surface area contributed by atoms with Crippen LogP contribution in [0.1, 0.15) is 16.7 Å². The van der Waals surface area contributed by atoms with Gasteiger partial charge in [0.2, 0.25) is 5.16 Å². The summed E-state index contributed by atoms with van der Waals surface area (Å²) in [5.41, 5.74) is 3.82. The van der Waals surface area contributed by atoms with Gasteiger partial charge in [-0.15, -0.1) is 5.10 Å². The Morgan fingerprint density at radius 3 is 2.42 bits per heavy atom. The summed E-state index contributed by atoms with van der Waals surface area (Å²) in [6, 6.07) is 22.5. The maximum atomic E-state index is 11.8. The van der Waals surface area contributed by atoms with E-state index in [1.54, 1.807) is 18.2 Å². The molecule has 6 nitrogen and oxygen atoms in total. The third-order valence-corrected chi connectivity index (χ3v) is 5.83. The first-order valence-electron chi connectivity index (χ1n) is 10.1. The predicted octanol–water partition coefficient (Wildman–Crippen LogP) is 6.23. The normalized spacial score (nSPS) is 11.4. The number of halogens is 1. The fourth-order valence-electron chi connectivity index (χ4n) is 2.92. The minimum absolute atomic E-state index is 0.102. The molecule has 0 atom stereocenters. The maximum absolute atomic E-state index is 11.8. The first-order chi connectivity index (χ1) is 16.0. The Bertz CT molecular complexity index is 1270. The summed E-state index contributed by atoms with van der Waals surface area (Å²) in [5.74, 6) is 0.186. The molecule has 0 saturated heterocycles. The lowest BCUT2D eigenvalue weighted by atomic mass is 10.1. The molecule has 0 aliphatic heterocycles. The van der Waals surface area contributed by atoms with Crippen LogP contribution in [-0.2, 0) is 11.4 Å². The van der Waals surface area contributed by atoms with E-state index in [2.05, 4.69) is 15.2 Å². The summed E-state index contributed by atoms with van der Waals surface area (Å²) in [6.45, 7) is 2.51. The van der Waals surface area contributed by atoms with E-state index >= 15 is 0 Å². The van der Waals surface area contributed by atoms with Gasteiger partial charge in [0.25, 0.3) is 0 Å². The van der Waals surface area contributed by atoms with Crippen LogP contribution in [-0.4, -0.2) is 26.3 Å². The number of aromatic nitrogens is 3. The molecule has 3 aromatic carbocycles. The van der Waals surface area contributed by atoms with Crippen molar-refractivity contribution in [3.63, 3.8) is 0 Å². The number of aliphatic carboxylic acids is 1. The average Bonchev–Trinajstić information content (AvgIpc) is 3.28. The van der Waals surface area contributed by atoms with E-state index in [9.17, 15) is 9.90 Å². The molecule has 0 amide bonds. The SMILES string of the molecule is Cc1ccc(COc2ccc(/C=C(\Sc3n[nH]c(-c4ccc(Cl)cc4)n3)C(=O)O)cc2)cc1. The zero-order valence-corrected chi connectivity index (χ0v) is 19.2. The molecule has 0 aliphatic rings. The predicted molar refractivity (Wildman–Crippen MR) is 130 cm³/mol. The van der Waals surface area contributed by atoms with Gasteiger partial charge in [-0.05, 0) is 72.3 Å². The minimum atomic E-state index is -1.06. The van der Waals surface area contributed by atoms with Gasteiger partial charge in [-0.25, -0.2) is 9.78 Å². The van der Waals surface area contributed by atoms with Crippen LogP contribution in [0.3, 0.4) is 0 Å². The second-order valence-corrected chi connectivity index (χ2v) is 8.68. The van der Waals surface area contributed by atoms with Crippen LogP contribution in [0.25, 0.3) is 17.5 Å². The highest BCUT2D eigenvalue weighted by molar-refractivity contribution is 8.04. The summed E-state index contributed by atoms with van der Waals surface area (Å²) < 4.78 is 5.81. The molecular weight excluding hydrogens is 458 g/mol. The number of H-pyrrole nitrogens is 1. The van der Waals surface area contributed by atoms with Crippen LogP contribution >= 0.6 is 23.4 Å². The summed E-state index contributed by atoms with van der Waals surface area (Å²) in [4.78, 5) is 16.3. The molecule has 0 saturated carbocycles. The number of benzene rings is 3. The van der Waals surface area contributed by atoms with Crippen LogP contribution in [0, 0.1) is 6.92 Å². The molecular formula is C25H20ClN3O3S. The van der Waals surface area contributed by atoms with Gasteiger partial charge in [-0.1, -0.05) is 53.6 Å². The maximum Gasteiger partial charge on any atom is 0.342 e. The van der Waals surface area contributed by atoms with E-state index in [1.165, 1.54) is 5.56 Å². The molecule has 0 radical (unpaired) electrons. The second-order valence-electron chi connectivity index (χ2n) is 7.23. The van der Waals surface area contributed by atoms with Crippen molar-refractivity contribution in [2.75, 3.05) is 0 Å². The number of nitrogens with one attached hydrogen (secondary N) is 1. The number of nitrogens with zero attached hydrogens (tertiary/aromatic N) is 2. The highest BCUT2D eigenvalue weighted by Gasteiger charge is 2.14. The largest absolute Gasteiger partial charge is 0.489 e. The van der Waals surface area contributed by atoms with Gasteiger partial charge in [0.15, 0.2) is 5.82 Å². The van der Waals surface area contributed by atoms with E-state index in [0.29, 0.717) is 28.4 Å². The number of hydrogen-bond acceptors (Lipinski definition) is 5. The fourth-order valence-corrected chi connectivity index (χ4v) is 3.76. The number of hydrogen-bond donors (Lipinski definition) is 2. The Morgan fingerprint density at radius 2 is 1.76 bits per heavy atom. The zero-order chi connectivity index (χ0) is 23.2. The molecule has 0 bridgehead atoms. The summed E-state index contributed by atoms with van der Waals surface area (Å²) in [5, 5.41) is 17.5. The Kier molecular flexibility index (Phi) is 7.12. The topological polar surface area (TPSA) is 88.1 Å². The molecule has 166 valence electrons. The van der Waals surface area contributed by atoms with Crippen molar-refractivity contribution in [3.05, 3.63) is 99.4 Å². The number of carboxylic acids is 1. The van der Waals surface area contributed by atoms with Gasteiger partial charge in [0.05, 0.1) is 0 Å². The summed E-state index contributed by atoms with van der Waals surface area (Å²) in [7, 11) is 0. The molecule has 0 fully saturated rings. The van der Waals surface area contributed by atoms with Crippen LogP contribution in [0.4, 0.5) is 0 Å². The van der Waals surface area contributed by atoms with Crippen molar-refractivity contribution in [1.82, 2.24) is 15.2 Å². The highest BCUT2D eigenvalue weighted by atomic mass is 35.5. The molecule has 0 unspecified atom stereocenters. The lowest BCUT2D eigenvalue weighted by molar-refractivity contribution is -0.131. The number of ether oxygens (including phenoxy) is 1. The molecule has 33 heavy (non-hydrogen) atoms. The van der Waals surface area contributed by atoms with Gasteiger partial charge in [0, 0.05) is 10.6 Å². The number of aryl methyl sites for hydroxylation is 1. The Labute approximate surface area is 200 Å². The van der Waals surface area contributed by atoms with Gasteiger partial charge in [-0.3, -0.25) is 5.10 Å². The van der Waals surface area contributed by atoms with Crippen molar-refractivity contribution >= 4 is 35.4 Å². The Hall–Kier alpha value is -3.55. The zero-order valence-electron chi connectivity index (χ0n) is 17.7. The van der Waals surface area contributed by atoms with Crippen molar-refractivity contribution in [3.8, 4) is 17.1 Å². The number of carbonyl (C=O) groups is 1. The molecule has 2 N–H and O–H groups in total. The third-order valence-electron chi connectivity index (χ3n) is 4.70. The summed E-state index contributed by atoms with van der Waals surface area (Å²) in [6.07, 6.45) is 1.58. The number of aromatic amines is 1. The number of thioether (sulfide) groups is 1. The van der Waals surface area contributed by atoms with Crippen molar-refractivity contribution in [1.29, 1.82) is 0 Å². The van der Waals surface area contributed by atoms with E-state index in [1.807, 2.05) is 67.6 Å². The van der Waals surface area contributed by atoms with Gasteiger partial charge in [-0.2, -0.15) is 0 Å². The molecule has 1 heterocycles. The molecule has 8 heteroatoms. The lowest BCUT2D eigenvalue weighted by Gasteiger charge is -2.07. The fraction of sp³-hybridized carbons (Fsp3) is 0.0800. The number of carboxylic acid groups (broad SMARTS) is 1. The Balaban J connectivity index is 1.43. The van der Waals surface area contributed by atoms with E-state index in [-0.39, 0.29) is 4.91 Å². The standard InChI is InChI=1S/C25H20ClN3O3S/c1-16-2-4-18(5-3-16)15-32-21-12-6-17(7-13-21)14-22(24(30)31)33-25-27-23(28-29-25)19-8-10-20(26)11-9-19/h2-14H,15H2,1H3,(H,30,31)(H,27,28,29)/b22-14-. The van der Waals surface area contributed by atoms with Crippen molar-refractivity contribution < 1.29 is 14.6 Å². The van der Waals surface area contributed by atoms with Crippen LogP contribution in [0.5, 0.6) is 5.75 Å². The first-order valence-corrected chi connectivity index (χ1v) is 11.3. The lowest BCUT2D eigenvalue weighted by Crippen LogP contribution is -1.97. The quantitative estimate of drug-likeness (QED) is 0.231. The van der Waals surface area contributed by atoms with E-state index in [0.717, 1.165) is 28.5 Å². The van der Waals surface area contributed by atoms with Gasteiger partial charge < -0.3 is 9.84 Å². The summed E-state index contributed by atoms with van der Waals surface area (Å²) >= 11 is 6.89. The van der Waals surface area contributed by atoms with E-state index in [4.69, 9.17) is 16.3 Å². The van der Waals surface area contributed by atoms with Crippen LogP contribution in [0.15, 0.2) is 82.9 Å². The van der Waals surface area contributed by atoms with Crippen molar-refractivity contribution in [2.24, 2.45) is 0 Å². The average molecular weight is 478 g/mol. The molecule has 4 rings (SSSR count). The highest BCUT2D eigenvalue weighted by Crippen LogP contribution is 2.28. The van der Waals surface area contributed by atoms with Crippen LogP contribution < -0.4 is 4.74 Å². The van der Waals surface area contributed by atoms with Gasteiger partial charge >= 0.3 is 5.97 Å². The second kappa shape index (κ2) is 10.4. The number of rotatable bonds is 8. The third kappa shape index (κ3) is 6.25. The minimum Gasteiger partial charge on any atom is -0.489 e. The molecule has 0 spiro atoms. The molecule has 0 aliphatic carbocycles. The molecule has 1 aromatic heterocycles. The van der Waals surface area contributed by atoms with Gasteiger partial charge in [0.1, 0.15) is 17.3 Å². The van der Waals surface area contributed by atoms with Crippen LogP contribution in [0.2, 0.25) is 5.02 Å². The molecule has 4 aromatic rings. The first kappa shape index (κ1) is 22.6. The van der Waals surface area contributed by atoms with Crippen molar-refractivity contribution in [2.45, 2.75) is 18.7 Å².